The number of nitrogens with zero attached hydrogens (tertiary/aromatic N) is 1. The van der Waals surface area contributed by atoms with Gasteiger partial charge in [0.15, 0.2) is 17.4 Å². The van der Waals surface area contributed by atoms with E-state index in [-0.39, 0.29) is 16.4 Å². The van der Waals surface area contributed by atoms with Crippen LogP contribution in [0, 0.1) is 11.6 Å². The van der Waals surface area contributed by atoms with Crippen molar-refractivity contribution < 1.29 is 13.5 Å². The average Bonchev–Trinajstić information content (AvgIpc) is 2.71. The second-order valence-corrected chi connectivity index (χ2v) is 3.68. The van der Waals surface area contributed by atoms with Crippen LogP contribution in [0.2, 0.25) is 5.02 Å². The van der Waals surface area contributed by atoms with Gasteiger partial charge in [-0.25, -0.2) is 8.78 Å². The number of nitrogens with two attached hydrogens (primary N) is 1. The molecule has 0 radical (unpaired) electrons. The van der Waals surface area contributed by atoms with Gasteiger partial charge in [0.25, 0.3) is 0 Å². The first-order valence-corrected chi connectivity index (χ1v) is 4.95. The van der Waals surface area contributed by atoms with E-state index in [2.05, 4.69) is 14.9 Å². The molecule has 1 aromatic carbocycles. The SMILES string of the molecule is COc1c(F)c(Cl)cc(-c2cc(N)n[nH]2)c1F. The van der Waals surface area contributed by atoms with Gasteiger partial charge in [0, 0.05) is 11.6 Å². The number of anilines is 1. The number of methoxy groups -OCH3 is 1. The monoisotopic (exact) mass is 259 g/mol. The molecule has 90 valence electrons. The number of halogens is 3. The van der Waals surface area contributed by atoms with Crippen LogP contribution in [0.4, 0.5) is 14.6 Å². The highest BCUT2D eigenvalue weighted by Crippen LogP contribution is 2.35. The summed E-state index contributed by atoms with van der Waals surface area (Å²) in [7, 11) is 1.16. The van der Waals surface area contributed by atoms with E-state index in [1.54, 1.807) is 0 Å². The quantitative estimate of drug-likeness (QED) is 0.815. The molecule has 2 rings (SSSR count). The van der Waals surface area contributed by atoms with Gasteiger partial charge in [-0.1, -0.05) is 11.6 Å². The predicted octanol–water partition coefficient (Wildman–Crippen LogP) is 2.60. The number of ether oxygens (including phenoxy) is 1. The molecule has 0 saturated carbocycles. The summed E-state index contributed by atoms with van der Waals surface area (Å²) >= 11 is 5.64. The molecule has 0 unspecified atom stereocenters. The number of hydrogen-bond donors (Lipinski definition) is 2. The van der Waals surface area contributed by atoms with Crippen molar-refractivity contribution in [1.82, 2.24) is 10.2 Å². The van der Waals surface area contributed by atoms with Crippen LogP contribution in [0.15, 0.2) is 12.1 Å². The van der Waals surface area contributed by atoms with Crippen molar-refractivity contribution in [1.29, 1.82) is 0 Å². The maximum absolute atomic E-state index is 13.9. The fraction of sp³-hybridized carbons (Fsp3) is 0.100. The number of H-pyrrole nitrogens is 1. The molecule has 7 heteroatoms. The molecule has 0 saturated heterocycles. The fourth-order valence-electron chi connectivity index (χ4n) is 1.43. The predicted molar refractivity (Wildman–Crippen MR) is 59.9 cm³/mol. The van der Waals surface area contributed by atoms with Crippen molar-refractivity contribution >= 4 is 17.4 Å². The minimum absolute atomic E-state index is 0.0393. The molecule has 0 aliphatic heterocycles. The van der Waals surface area contributed by atoms with Crippen molar-refractivity contribution in [3.63, 3.8) is 0 Å². The Morgan fingerprint density at radius 1 is 1.35 bits per heavy atom. The third kappa shape index (κ3) is 1.91. The Morgan fingerprint density at radius 2 is 2.06 bits per heavy atom. The average molecular weight is 260 g/mol. The molecule has 0 atom stereocenters. The van der Waals surface area contributed by atoms with E-state index in [4.69, 9.17) is 17.3 Å². The molecule has 0 amide bonds. The van der Waals surface area contributed by atoms with Gasteiger partial charge in [0.1, 0.15) is 5.82 Å². The number of nitrogen functional groups attached to an aromatic ring is 1. The minimum atomic E-state index is -0.942. The number of aromatic nitrogens is 2. The second kappa shape index (κ2) is 4.21. The zero-order chi connectivity index (χ0) is 12.6. The molecule has 0 fully saturated rings. The standard InChI is InChI=1S/C10H8ClF2N3O/c1-17-10-8(12)4(2-5(11)9(10)13)6-3-7(14)16-15-6/h2-3H,1H3,(H3,14,15,16). The largest absolute Gasteiger partial charge is 0.491 e. The highest BCUT2D eigenvalue weighted by atomic mass is 35.5. The van der Waals surface area contributed by atoms with Gasteiger partial charge in [-0.2, -0.15) is 5.10 Å². The minimum Gasteiger partial charge on any atom is -0.491 e. The molecule has 1 heterocycles. The van der Waals surface area contributed by atoms with Crippen LogP contribution in [0.25, 0.3) is 11.3 Å². The summed E-state index contributed by atoms with van der Waals surface area (Å²) < 4.78 is 31.9. The summed E-state index contributed by atoms with van der Waals surface area (Å²) in [6.07, 6.45) is 0. The summed E-state index contributed by atoms with van der Waals surface area (Å²) in [5.41, 5.74) is 5.73. The van der Waals surface area contributed by atoms with Gasteiger partial charge in [-0.15, -0.1) is 0 Å². The first kappa shape index (κ1) is 11.7. The number of nitrogens with one attached hydrogen (secondary N) is 1. The second-order valence-electron chi connectivity index (χ2n) is 3.27. The molecule has 0 spiro atoms. The van der Waals surface area contributed by atoms with E-state index in [1.807, 2.05) is 0 Å². The van der Waals surface area contributed by atoms with Gasteiger partial charge < -0.3 is 10.5 Å². The van der Waals surface area contributed by atoms with Gasteiger partial charge in [0.05, 0.1) is 17.8 Å². The molecule has 0 bridgehead atoms. The van der Waals surface area contributed by atoms with Crippen LogP contribution in [0.5, 0.6) is 5.75 Å². The zero-order valence-electron chi connectivity index (χ0n) is 8.72. The normalized spacial score (nSPS) is 10.6. The van der Waals surface area contributed by atoms with Crippen molar-refractivity contribution in [3.05, 3.63) is 28.8 Å². The van der Waals surface area contributed by atoms with E-state index in [9.17, 15) is 8.78 Å². The molecule has 2 aromatic rings. The van der Waals surface area contributed by atoms with Crippen LogP contribution in [-0.4, -0.2) is 17.3 Å². The lowest BCUT2D eigenvalue weighted by molar-refractivity contribution is 0.360. The Labute approximate surface area is 100 Å². The number of aromatic amines is 1. The summed E-state index contributed by atoms with van der Waals surface area (Å²) in [5.74, 6) is -2.15. The summed E-state index contributed by atoms with van der Waals surface area (Å²) in [6.45, 7) is 0. The summed E-state index contributed by atoms with van der Waals surface area (Å²) in [5, 5.41) is 5.92. The lowest BCUT2D eigenvalue weighted by Gasteiger charge is -2.08. The van der Waals surface area contributed by atoms with E-state index in [0.717, 1.165) is 13.2 Å². The van der Waals surface area contributed by atoms with Crippen molar-refractivity contribution in [2.24, 2.45) is 0 Å². The van der Waals surface area contributed by atoms with Crippen molar-refractivity contribution in [2.75, 3.05) is 12.8 Å². The zero-order valence-corrected chi connectivity index (χ0v) is 9.48. The van der Waals surface area contributed by atoms with Crippen LogP contribution in [0.3, 0.4) is 0 Å². The van der Waals surface area contributed by atoms with Gasteiger partial charge in [-0.05, 0) is 6.07 Å². The topological polar surface area (TPSA) is 63.9 Å². The highest BCUT2D eigenvalue weighted by Gasteiger charge is 2.20. The molecule has 4 nitrogen and oxygen atoms in total. The van der Waals surface area contributed by atoms with Gasteiger partial charge >= 0.3 is 0 Å². The molecule has 0 aliphatic rings. The van der Waals surface area contributed by atoms with Crippen LogP contribution in [-0.2, 0) is 0 Å². The number of hydrogen-bond acceptors (Lipinski definition) is 3. The van der Waals surface area contributed by atoms with E-state index < -0.39 is 17.4 Å². The third-order valence-electron chi connectivity index (χ3n) is 2.21. The van der Waals surface area contributed by atoms with Crippen molar-refractivity contribution in [2.45, 2.75) is 0 Å². The van der Waals surface area contributed by atoms with Crippen LogP contribution in [0.1, 0.15) is 0 Å². The lowest BCUT2D eigenvalue weighted by Crippen LogP contribution is -1.96. The molecular formula is C10H8ClF2N3O. The molecular weight excluding hydrogens is 252 g/mol. The Hall–Kier alpha value is -1.82. The third-order valence-corrected chi connectivity index (χ3v) is 2.48. The molecule has 17 heavy (non-hydrogen) atoms. The maximum atomic E-state index is 13.9. The van der Waals surface area contributed by atoms with Crippen LogP contribution >= 0.6 is 11.6 Å². The maximum Gasteiger partial charge on any atom is 0.192 e. The Balaban J connectivity index is 2.67. The molecule has 1 aromatic heterocycles. The number of rotatable bonds is 2. The summed E-state index contributed by atoms with van der Waals surface area (Å²) in [4.78, 5) is 0. The molecule has 3 N–H and O–H groups in total. The smallest absolute Gasteiger partial charge is 0.192 e. The lowest BCUT2D eigenvalue weighted by atomic mass is 10.1. The number of benzene rings is 1. The van der Waals surface area contributed by atoms with Gasteiger partial charge in [-0.3, -0.25) is 5.10 Å². The fourth-order valence-corrected chi connectivity index (χ4v) is 1.63. The highest BCUT2D eigenvalue weighted by molar-refractivity contribution is 6.31. The van der Waals surface area contributed by atoms with Gasteiger partial charge in [0.2, 0.25) is 0 Å². The Morgan fingerprint density at radius 3 is 2.59 bits per heavy atom. The Bertz CT molecular complexity index is 571. The Kier molecular flexibility index (Phi) is 2.89. The summed E-state index contributed by atoms with van der Waals surface area (Å²) in [6, 6.07) is 2.55. The van der Waals surface area contributed by atoms with Crippen LogP contribution < -0.4 is 10.5 Å². The first-order valence-electron chi connectivity index (χ1n) is 4.57. The first-order chi connectivity index (χ1) is 8.04. The molecule has 0 aliphatic carbocycles. The van der Waals surface area contributed by atoms with E-state index in [1.165, 1.54) is 6.07 Å². The van der Waals surface area contributed by atoms with E-state index >= 15 is 0 Å². The van der Waals surface area contributed by atoms with Crippen molar-refractivity contribution in [3.8, 4) is 17.0 Å². The van der Waals surface area contributed by atoms with E-state index in [0.29, 0.717) is 5.69 Å².